The number of rotatable bonds is 10. The van der Waals surface area contributed by atoms with Gasteiger partial charge in [0.25, 0.3) is 0 Å². The van der Waals surface area contributed by atoms with Gasteiger partial charge in [-0.05, 0) is 61.3 Å². The molecule has 1 aromatic carbocycles. The first kappa shape index (κ1) is 21.3. The van der Waals surface area contributed by atoms with E-state index in [9.17, 15) is 9.90 Å². The third kappa shape index (κ3) is 6.59. The van der Waals surface area contributed by atoms with Crippen LogP contribution < -0.4 is 24.0 Å². The van der Waals surface area contributed by atoms with Crippen molar-refractivity contribution in [3.63, 3.8) is 0 Å². The number of aromatic carboxylic acids is 1. The monoisotopic (exact) mass is 296 g/mol. The Labute approximate surface area is 147 Å². The van der Waals surface area contributed by atoms with Gasteiger partial charge in [0, 0.05) is 5.56 Å². The van der Waals surface area contributed by atoms with Gasteiger partial charge >= 0.3 is 18.9 Å². The van der Waals surface area contributed by atoms with Crippen LogP contribution in [0.5, 0.6) is 0 Å². The van der Waals surface area contributed by atoms with E-state index in [2.05, 4.69) is 26.8 Å². The van der Waals surface area contributed by atoms with Gasteiger partial charge in [-0.15, -0.1) is 0 Å². The minimum Gasteiger partial charge on any atom is -0.545 e. The van der Waals surface area contributed by atoms with E-state index in [1.807, 2.05) is 6.07 Å². The molecule has 0 saturated carbocycles. The topological polar surface area (TPSA) is 40.1 Å². The summed E-state index contributed by atoms with van der Waals surface area (Å²) in [4.78, 5) is 11.4. The zero-order valence-corrected chi connectivity index (χ0v) is 14.8. The maximum absolute atomic E-state index is 11.4. The summed E-state index contributed by atoms with van der Waals surface area (Å²) in [7, 11) is 0. The van der Waals surface area contributed by atoms with Crippen LogP contribution in [0.2, 0.25) is 0 Å². The summed E-state index contributed by atoms with van der Waals surface area (Å²) in [5, 5.41) is 11.4. The molecule has 1 aromatic rings. The Balaban J connectivity index is 0.00000441. The van der Waals surface area contributed by atoms with E-state index in [0.717, 1.165) is 56.9 Å². The number of hydrogen-bond donors (Lipinski definition) is 0. The summed E-state index contributed by atoms with van der Waals surface area (Å²) in [6.07, 6.45) is 9.55. The number of carbonyl (C=O) groups is 1. The molecule has 0 aromatic heterocycles. The van der Waals surface area contributed by atoms with Crippen molar-refractivity contribution in [3.8, 4) is 0 Å². The summed E-state index contributed by atoms with van der Waals surface area (Å²) >= 11 is 0. The van der Waals surface area contributed by atoms with Gasteiger partial charge in [0.05, 0.1) is 5.97 Å². The van der Waals surface area contributed by atoms with Crippen molar-refractivity contribution in [2.45, 2.75) is 78.6 Å². The predicted molar refractivity (Wildman–Crippen MR) is 86.6 cm³/mol. The number of hydrogen-bond acceptors (Lipinski definition) is 2. The van der Waals surface area contributed by atoms with Crippen LogP contribution in [0.15, 0.2) is 12.1 Å². The average Bonchev–Trinajstić information content (AvgIpc) is 2.48. The second-order valence-electron chi connectivity index (χ2n) is 5.88. The fourth-order valence-electron chi connectivity index (χ4n) is 2.70. The average molecular weight is 296 g/mol. The molecular weight excluding hydrogens is 267 g/mol. The van der Waals surface area contributed by atoms with E-state index in [1.54, 1.807) is 0 Å². The van der Waals surface area contributed by atoms with E-state index in [1.165, 1.54) is 17.5 Å². The molecule has 0 N–H and O–H groups in total. The van der Waals surface area contributed by atoms with Gasteiger partial charge in [-0.2, -0.15) is 0 Å². The molecule has 3 heteroatoms. The van der Waals surface area contributed by atoms with Crippen LogP contribution >= 0.6 is 0 Å². The molecule has 1 rings (SSSR count). The van der Waals surface area contributed by atoms with Crippen molar-refractivity contribution in [3.05, 3.63) is 34.4 Å². The maximum atomic E-state index is 11.4. The fourth-order valence-corrected chi connectivity index (χ4v) is 2.70. The van der Waals surface area contributed by atoms with Gasteiger partial charge < -0.3 is 9.90 Å². The minimum absolute atomic E-state index is 0. The molecule has 0 unspecified atom stereocenters. The molecule has 0 radical (unpaired) electrons. The van der Waals surface area contributed by atoms with E-state index in [4.69, 9.17) is 0 Å². The van der Waals surface area contributed by atoms with Crippen molar-refractivity contribution in [2.75, 3.05) is 0 Å². The molecule has 0 amide bonds. The Bertz CT molecular complexity index is 455. The third-order valence-electron chi connectivity index (χ3n) is 4.04. The van der Waals surface area contributed by atoms with E-state index in [-0.39, 0.29) is 18.9 Å². The van der Waals surface area contributed by atoms with Crippen molar-refractivity contribution in [2.24, 2.45) is 0 Å². The van der Waals surface area contributed by atoms with Crippen LogP contribution in [0.3, 0.4) is 0 Å². The van der Waals surface area contributed by atoms with Crippen molar-refractivity contribution in [1.29, 1.82) is 0 Å². The largest absolute Gasteiger partial charge is 1.00 e. The first-order valence-electron chi connectivity index (χ1n) is 8.49. The summed E-state index contributed by atoms with van der Waals surface area (Å²) in [6.45, 7) is 6.49. The second-order valence-corrected chi connectivity index (χ2v) is 5.88. The van der Waals surface area contributed by atoms with Crippen LogP contribution in [-0.4, -0.2) is 5.97 Å². The zero-order valence-electron chi connectivity index (χ0n) is 14.8. The molecule has 118 valence electrons. The van der Waals surface area contributed by atoms with Gasteiger partial charge in [-0.25, -0.2) is 0 Å². The smallest absolute Gasteiger partial charge is 0.545 e. The van der Waals surface area contributed by atoms with E-state index >= 15 is 0 Å². The van der Waals surface area contributed by atoms with Gasteiger partial charge in [0.15, 0.2) is 0 Å². The first-order chi connectivity index (χ1) is 10.1. The summed E-state index contributed by atoms with van der Waals surface area (Å²) in [5.74, 6) is -1.03. The minimum atomic E-state index is -1.03. The van der Waals surface area contributed by atoms with Crippen LogP contribution in [0, 0.1) is 0 Å². The molecule has 0 bridgehead atoms. The normalized spacial score (nSPS) is 10.3. The SMILES string of the molecule is CCCCc1cc(CCCC)c(C(=O)[O-])cc1CCCC.[Li+]. The van der Waals surface area contributed by atoms with Crippen LogP contribution in [0.1, 0.15) is 86.3 Å². The molecule has 0 fully saturated rings. The molecule has 0 aliphatic carbocycles. The number of unbranched alkanes of at least 4 members (excludes halogenated alkanes) is 3. The predicted octanol–water partition coefficient (Wildman–Crippen LogP) is 1.08. The maximum Gasteiger partial charge on any atom is 1.00 e. The summed E-state index contributed by atoms with van der Waals surface area (Å²) in [6, 6.07) is 4.03. The van der Waals surface area contributed by atoms with Crippen molar-refractivity contribution in [1.82, 2.24) is 0 Å². The fraction of sp³-hybridized carbons (Fsp3) is 0.632. The van der Waals surface area contributed by atoms with Crippen molar-refractivity contribution < 1.29 is 28.8 Å². The Kier molecular flexibility index (Phi) is 11.4. The standard InChI is InChI=1S/C19H30O2.Li/c1-4-7-10-15-13-17(12-9-6-3)18(19(20)21)14-16(15)11-8-5-2;/h13-14H,4-12H2,1-3H3,(H,20,21);/q;+1/p-1. The molecule has 0 aliphatic heterocycles. The number of carbonyl (C=O) groups excluding carboxylic acids is 1. The van der Waals surface area contributed by atoms with Crippen LogP contribution in [0.4, 0.5) is 0 Å². The van der Waals surface area contributed by atoms with Gasteiger partial charge in [0.1, 0.15) is 0 Å². The summed E-state index contributed by atoms with van der Waals surface area (Å²) in [5.41, 5.74) is 3.93. The van der Waals surface area contributed by atoms with Gasteiger partial charge in [0.2, 0.25) is 0 Å². The van der Waals surface area contributed by atoms with Crippen LogP contribution in [-0.2, 0) is 19.3 Å². The number of aryl methyl sites for hydroxylation is 3. The Hall–Kier alpha value is -0.713. The summed E-state index contributed by atoms with van der Waals surface area (Å²) < 4.78 is 0. The number of carboxylic acids is 1. The number of carboxylic acid groups (broad SMARTS) is 1. The van der Waals surface area contributed by atoms with E-state index < -0.39 is 5.97 Å². The Morgan fingerprint density at radius 1 is 0.818 bits per heavy atom. The van der Waals surface area contributed by atoms with Gasteiger partial charge in [-0.1, -0.05) is 46.1 Å². The molecule has 2 nitrogen and oxygen atoms in total. The molecule has 0 heterocycles. The van der Waals surface area contributed by atoms with Crippen LogP contribution in [0.25, 0.3) is 0 Å². The van der Waals surface area contributed by atoms with E-state index in [0.29, 0.717) is 5.56 Å². The molecule has 0 spiro atoms. The third-order valence-corrected chi connectivity index (χ3v) is 4.04. The zero-order chi connectivity index (χ0) is 15.7. The molecule has 22 heavy (non-hydrogen) atoms. The molecule has 0 atom stereocenters. The number of benzene rings is 1. The van der Waals surface area contributed by atoms with Crippen molar-refractivity contribution >= 4 is 5.97 Å². The van der Waals surface area contributed by atoms with Gasteiger partial charge in [-0.3, -0.25) is 0 Å². The first-order valence-corrected chi connectivity index (χ1v) is 8.49. The Morgan fingerprint density at radius 3 is 1.64 bits per heavy atom. The quantitative estimate of drug-likeness (QED) is 0.606. The second kappa shape index (κ2) is 11.8. The molecular formula is C19H29LiO2. The molecule has 0 saturated heterocycles. The molecule has 0 aliphatic rings. The Morgan fingerprint density at radius 2 is 1.23 bits per heavy atom.